The van der Waals surface area contributed by atoms with Gasteiger partial charge in [-0.3, -0.25) is 10.2 Å². The van der Waals surface area contributed by atoms with Gasteiger partial charge < -0.3 is 4.57 Å². The van der Waals surface area contributed by atoms with Crippen molar-refractivity contribution in [2.24, 2.45) is 10.1 Å². The smallest absolute Gasteiger partial charge is 0.283 e. The van der Waals surface area contributed by atoms with Crippen molar-refractivity contribution >= 4 is 51.4 Å². The predicted octanol–water partition coefficient (Wildman–Crippen LogP) is 5.92. The molecule has 0 radical (unpaired) electrons. The van der Waals surface area contributed by atoms with Gasteiger partial charge >= 0.3 is 0 Å². The Kier molecular flexibility index (Phi) is 5.75. The number of amidine groups is 2. The minimum Gasteiger partial charge on any atom is -0.318 e. The summed E-state index contributed by atoms with van der Waals surface area (Å²) in [6, 6.07) is 17.8. The molecular formula is C26H22ClN5OS. The van der Waals surface area contributed by atoms with Crippen LogP contribution in [0, 0.1) is 26.2 Å². The number of thioether (sulfide) groups is 1. The van der Waals surface area contributed by atoms with Crippen LogP contribution in [0.1, 0.15) is 28.1 Å². The molecule has 34 heavy (non-hydrogen) atoms. The topological polar surface area (TPSA) is 73.8 Å². The number of nitrogens with one attached hydrogen (secondary N) is 1. The van der Waals surface area contributed by atoms with Gasteiger partial charge in [0.25, 0.3) is 5.91 Å². The number of hydrazone groups is 1. The number of aryl methyl sites for hydroxylation is 2. The van der Waals surface area contributed by atoms with Gasteiger partial charge in [0.05, 0.1) is 5.57 Å². The molecule has 2 aromatic carbocycles. The summed E-state index contributed by atoms with van der Waals surface area (Å²) in [5.41, 5.74) is 6.23. The van der Waals surface area contributed by atoms with Crippen LogP contribution in [0.3, 0.4) is 0 Å². The Morgan fingerprint density at radius 1 is 1.09 bits per heavy atom. The molecule has 8 heteroatoms. The van der Waals surface area contributed by atoms with Crippen molar-refractivity contribution in [3.8, 4) is 5.69 Å². The van der Waals surface area contributed by atoms with E-state index in [0.717, 1.165) is 38.8 Å². The van der Waals surface area contributed by atoms with Crippen molar-refractivity contribution in [1.82, 2.24) is 9.58 Å². The number of nitrogens with zero attached hydrogens (tertiary/aromatic N) is 4. The molecule has 2 aliphatic heterocycles. The second-order valence-corrected chi connectivity index (χ2v) is 9.75. The van der Waals surface area contributed by atoms with E-state index in [0.29, 0.717) is 16.6 Å². The number of benzene rings is 2. The van der Waals surface area contributed by atoms with Gasteiger partial charge in [0.2, 0.25) is 5.17 Å². The highest BCUT2D eigenvalue weighted by Crippen LogP contribution is 2.31. The van der Waals surface area contributed by atoms with E-state index >= 15 is 0 Å². The van der Waals surface area contributed by atoms with E-state index in [1.165, 1.54) is 16.8 Å². The molecule has 1 amide bonds. The van der Waals surface area contributed by atoms with E-state index in [4.69, 9.17) is 17.0 Å². The van der Waals surface area contributed by atoms with Crippen LogP contribution in [0.15, 0.2) is 70.3 Å². The van der Waals surface area contributed by atoms with Gasteiger partial charge in [0.15, 0.2) is 5.84 Å². The Morgan fingerprint density at radius 2 is 1.85 bits per heavy atom. The number of hydrogen-bond donors (Lipinski definition) is 1. The summed E-state index contributed by atoms with van der Waals surface area (Å²) in [5.74, 6) is -0.391. The zero-order valence-electron chi connectivity index (χ0n) is 19.0. The molecule has 5 rings (SSSR count). The van der Waals surface area contributed by atoms with Gasteiger partial charge in [-0.05, 0) is 73.5 Å². The molecule has 6 nitrogen and oxygen atoms in total. The summed E-state index contributed by atoms with van der Waals surface area (Å²) in [6.45, 7) is 6.04. The number of rotatable bonds is 4. The number of aromatic nitrogens is 1. The number of fused-ring (bicyclic) bond motifs is 1. The van der Waals surface area contributed by atoms with Crippen molar-refractivity contribution in [3.63, 3.8) is 0 Å². The lowest BCUT2D eigenvalue weighted by Crippen LogP contribution is -2.35. The lowest BCUT2D eigenvalue weighted by Gasteiger charge is -2.20. The van der Waals surface area contributed by atoms with Crippen molar-refractivity contribution in [1.29, 1.82) is 5.41 Å². The minimum absolute atomic E-state index is 0.0364. The number of halogens is 1. The van der Waals surface area contributed by atoms with Crippen LogP contribution >= 0.6 is 23.4 Å². The molecule has 3 heterocycles. The molecule has 0 atom stereocenters. The molecule has 0 spiro atoms. The maximum absolute atomic E-state index is 12.9. The molecular weight excluding hydrogens is 466 g/mol. The standard InChI is InChI=1S/C26H22ClN5OS/c1-15-9-10-20(27)14-22(15)31-16(2)11-19(17(31)3)13-21-24(28)32-26(29-25(21)33)34-23(30-32)12-18-7-5-4-6-8-18/h4-11,13-14,28H,12H2,1-3H3/b21-13+,28-24?. The quantitative estimate of drug-likeness (QED) is 0.464. The van der Waals surface area contributed by atoms with Gasteiger partial charge in [0, 0.05) is 28.5 Å². The molecule has 3 aromatic rings. The van der Waals surface area contributed by atoms with E-state index in [9.17, 15) is 4.79 Å². The zero-order chi connectivity index (χ0) is 24.0. The Labute approximate surface area is 207 Å². The molecule has 0 unspecified atom stereocenters. The van der Waals surface area contributed by atoms with E-state index in [1.54, 1.807) is 6.08 Å². The molecule has 1 N–H and O–H groups in total. The fourth-order valence-electron chi connectivity index (χ4n) is 4.16. The van der Waals surface area contributed by atoms with Crippen LogP contribution in [-0.4, -0.2) is 31.5 Å². The number of aliphatic imine (C=N–C) groups is 1. The Balaban J connectivity index is 1.48. The van der Waals surface area contributed by atoms with Gasteiger partial charge in [-0.15, -0.1) is 0 Å². The molecule has 170 valence electrons. The van der Waals surface area contributed by atoms with Crippen LogP contribution in [-0.2, 0) is 11.2 Å². The Hall–Kier alpha value is -3.42. The van der Waals surface area contributed by atoms with Crippen molar-refractivity contribution in [3.05, 3.63) is 93.3 Å². The second-order valence-electron chi connectivity index (χ2n) is 8.27. The van der Waals surface area contributed by atoms with Crippen LogP contribution in [0.5, 0.6) is 0 Å². The fourth-order valence-corrected chi connectivity index (χ4v) is 5.24. The maximum Gasteiger partial charge on any atom is 0.283 e. The second kappa shape index (κ2) is 8.74. The van der Waals surface area contributed by atoms with E-state index in [-0.39, 0.29) is 11.4 Å². The number of carbonyl (C=O) groups excluding carboxylic acids is 1. The minimum atomic E-state index is -0.427. The predicted molar refractivity (Wildman–Crippen MR) is 140 cm³/mol. The van der Waals surface area contributed by atoms with Crippen LogP contribution in [0.25, 0.3) is 11.8 Å². The summed E-state index contributed by atoms with van der Waals surface area (Å²) >= 11 is 7.59. The molecule has 0 aliphatic carbocycles. The SMILES string of the molecule is Cc1ccc(Cl)cc1-n1c(C)cc(/C=C2\C(=N)N3N=C(Cc4ccccc4)SC3=NC2=O)c1C. The molecule has 0 fully saturated rings. The number of hydrogen-bond acceptors (Lipinski definition) is 4. The van der Waals surface area contributed by atoms with Crippen LogP contribution in [0.4, 0.5) is 0 Å². The first kappa shape index (κ1) is 22.4. The lowest BCUT2D eigenvalue weighted by molar-refractivity contribution is -0.114. The summed E-state index contributed by atoms with van der Waals surface area (Å²) in [7, 11) is 0. The average molecular weight is 488 g/mol. The summed E-state index contributed by atoms with van der Waals surface area (Å²) in [6.07, 6.45) is 2.36. The summed E-state index contributed by atoms with van der Waals surface area (Å²) in [4.78, 5) is 17.1. The van der Waals surface area contributed by atoms with Crippen molar-refractivity contribution < 1.29 is 4.79 Å². The highest BCUT2D eigenvalue weighted by atomic mass is 35.5. The summed E-state index contributed by atoms with van der Waals surface area (Å²) in [5, 5.41) is 16.6. The third-order valence-electron chi connectivity index (χ3n) is 5.88. The molecule has 0 bridgehead atoms. The van der Waals surface area contributed by atoms with Crippen molar-refractivity contribution in [2.45, 2.75) is 27.2 Å². The summed E-state index contributed by atoms with van der Waals surface area (Å²) < 4.78 is 2.11. The number of carbonyl (C=O) groups is 1. The first-order chi connectivity index (χ1) is 16.3. The highest BCUT2D eigenvalue weighted by molar-refractivity contribution is 8.26. The van der Waals surface area contributed by atoms with Gasteiger partial charge in [0.1, 0.15) is 5.04 Å². The monoisotopic (exact) mass is 487 g/mol. The molecule has 1 aromatic heterocycles. The first-order valence-electron chi connectivity index (χ1n) is 10.8. The largest absolute Gasteiger partial charge is 0.318 e. The normalized spacial score (nSPS) is 16.7. The van der Waals surface area contributed by atoms with Crippen molar-refractivity contribution in [2.75, 3.05) is 0 Å². The molecule has 0 saturated carbocycles. The Morgan fingerprint density at radius 3 is 2.62 bits per heavy atom. The number of amides is 1. The average Bonchev–Trinajstić information content (AvgIpc) is 3.33. The Bertz CT molecular complexity index is 1430. The van der Waals surface area contributed by atoms with Gasteiger partial charge in [-0.2, -0.15) is 15.1 Å². The van der Waals surface area contributed by atoms with Crippen LogP contribution in [0.2, 0.25) is 5.02 Å². The van der Waals surface area contributed by atoms with Gasteiger partial charge in [-0.1, -0.05) is 48.0 Å². The van der Waals surface area contributed by atoms with E-state index < -0.39 is 5.91 Å². The fraction of sp³-hybridized carbons (Fsp3) is 0.154. The third-order valence-corrected chi connectivity index (χ3v) is 7.02. The lowest BCUT2D eigenvalue weighted by atomic mass is 10.1. The van der Waals surface area contributed by atoms with Gasteiger partial charge in [-0.25, -0.2) is 0 Å². The maximum atomic E-state index is 12.9. The third kappa shape index (κ3) is 4.02. The van der Waals surface area contributed by atoms with Crippen LogP contribution < -0.4 is 0 Å². The first-order valence-corrected chi connectivity index (χ1v) is 12.0. The zero-order valence-corrected chi connectivity index (χ0v) is 20.5. The molecule has 0 saturated heterocycles. The highest BCUT2D eigenvalue weighted by Gasteiger charge is 2.35. The molecule has 2 aliphatic rings. The van der Waals surface area contributed by atoms with E-state index in [1.807, 2.05) is 75.4 Å². The van der Waals surface area contributed by atoms with E-state index in [2.05, 4.69) is 14.7 Å².